The molecule has 2 N–H and O–H groups in total. The van der Waals surface area contributed by atoms with Crippen LogP contribution in [0.3, 0.4) is 0 Å². The molecule has 142 valence electrons. The molecule has 0 saturated carbocycles. The summed E-state index contributed by atoms with van der Waals surface area (Å²) in [5, 5.41) is 12.8. The number of hydrogen-bond donors (Lipinski definition) is 2. The Balaban J connectivity index is 2.10. The summed E-state index contributed by atoms with van der Waals surface area (Å²) in [5.74, 6) is 0.251. The fourth-order valence-electron chi connectivity index (χ4n) is 3.11. The van der Waals surface area contributed by atoms with E-state index in [9.17, 15) is 9.90 Å². The van der Waals surface area contributed by atoms with E-state index >= 15 is 0 Å². The largest absolute Gasteiger partial charge is 0.508 e. The molecule has 0 heterocycles. The molecule has 0 unspecified atom stereocenters. The van der Waals surface area contributed by atoms with E-state index in [2.05, 4.69) is 19.2 Å². The van der Waals surface area contributed by atoms with Gasteiger partial charge in [0.2, 0.25) is 0 Å². The third kappa shape index (κ3) is 9.52. The smallest absolute Gasteiger partial charge is 0.251 e. The second-order valence-corrected chi connectivity index (χ2v) is 7.03. The van der Waals surface area contributed by atoms with Crippen molar-refractivity contribution >= 4 is 5.91 Å². The number of benzene rings is 1. The minimum Gasteiger partial charge on any atom is -0.508 e. The predicted octanol–water partition coefficient (Wildman–Crippen LogP) is 6.00. The molecule has 0 spiro atoms. The quantitative estimate of drug-likeness (QED) is 0.406. The summed E-state index contributed by atoms with van der Waals surface area (Å²) < 4.78 is 0. The van der Waals surface area contributed by atoms with Crippen LogP contribution < -0.4 is 5.32 Å². The van der Waals surface area contributed by atoms with E-state index in [0.29, 0.717) is 5.56 Å². The molecule has 3 nitrogen and oxygen atoms in total. The van der Waals surface area contributed by atoms with Gasteiger partial charge in [0, 0.05) is 12.1 Å². The molecule has 1 aromatic carbocycles. The SMILES string of the molecule is CCCCCCCCCCCCNC(=O)c1ccc(O)c(CCC)c1. The number of unbranched alkanes of at least 4 members (excludes halogenated alkanes) is 9. The number of aryl methyl sites for hydroxylation is 1. The van der Waals surface area contributed by atoms with E-state index in [1.54, 1.807) is 12.1 Å². The van der Waals surface area contributed by atoms with Crippen LogP contribution in [-0.4, -0.2) is 17.6 Å². The maximum atomic E-state index is 12.2. The van der Waals surface area contributed by atoms with E-state index in [-0.39, 0.29) is 11.7 Å². The molecule has 1 rings (SSSR count). The van der Waals surface area contributed by atoms with Crippen molar-refractivity contribution in [2.24, 2.45) is 0 Å². The lowest BCUT2D eigenvalue weighted by atomic mass is 10.0. The average Bonchev–Trinajstić information content (AvgIpc) is 2.61. The van der Waals surface area contributed by atoms with Crippen LogP contribution >= 0.6 is 0 Å². The summed E-state index contributed by atoms with van der Waals surface area (Å²) >= 11 is 0. The van der Waals surface area contributed by atoms with Gasteiger partial charge < -0.3 is 10.4 Å². The van der Waals surface area contributed by atoms with Crippen LogP contribution in [0.2, 0.25) is 0 Å². The molecule has 0 bridgehead atoms. The lowest BCUT2D eigenvalue weighted by Crippen LogP contribution is -2.24. The summed E-state index contributed by atoms with van der Waals surface area (Å²) in [5.41, 5.74) is 1.50. The van der Waals surface area contributed by atoms with Crippen molar-refractivity contribution in [1.82, 2.24) is 5.32 Å². The first kappa shape index (κ1) is 21.5. The van der Waals surface area contributed by atoms with Gasteiger partial charge in [0.05, 0.1) is 0 Å². The van der Waals surface area contributed by atoms with Gasteiger partial charge in [0.15, 0.2) is 0 Å². The van der Waals surface area contributed by atoms with Crippen LogP contribution in [0.25, 0.3) is 0 Å². The van der Waals surface area contributed by atoms with E-state index in [0.717, 1.165) is 31.4 Å². The average molecular weight is 348 g/mol. The highest BCUT2D eigenvalue weighted by molar-refractivity contribution is 5.94. The normalized spacial score (nSPS) is 10.8. The monoisotopic (exact) mass is 347 g/mol. The number of phenolic OH excluding ortho intramolecular Hbond substituents is 1. The number of carbonyl (C=O) groups is 1. The zero-order valence-corrected chi connectivity index (χ0v) is 16.3. The first-order valence-electron chi connectivity index (χ1n) is 10.3. The summed E-state index contributed by atoms with van der Waals surface area (Å²) in [4.78, 5) is 12.2. The van der Waals surface area contributed by atoms with Gasteiger partial charge in [-0.1, -0.05) is 78.1 Å². The highest BCUT2D eigenvalue weighted by atomic mass is 16.3. The van der Waals surface area contributed by atoms with Crippen LogP contribution in [0, 0.1) is 0 Å². The minimum absolute atomic E-state index is 0.0340. The maximum Gasteiger partial charge on any atom is 0.251 e. The lowest BCUT2D eigenvalue weighted by Gasteiger charge is -2.08. The van der Waals surface area contributed by atoms with Gasteiger partial charge in [-0.25, -0.2) is 0 Å². The molecule has 0 radical (unpaired) electrons. The second-order valence-electron chi connectivity index (χ2n) is 7.03. The first-order chi connectivity index (χ1) is 12.2. The molecule has 1 aromatic rings. The zero-order chi connectivity index (χ0) is 18.3. The number of hydrogen-bond acceptors (Lipinski definition) is 2. The fourth-order valence-corrected chi connectivity index (χ4v) is 3.11. The molecule has 0 aliphatic heterocycles. The molecule has 3 heteroatoms. The van der Waals surface area contributed by atoms with Crippen LogP contribution in [0.4, 0.5) is 0 Å². The van der Waals surface area contributed by atoms with Gasteiger partial charge in [-0.2, -0.15) is 0 Å². The van der Waals surface area contributed by atoms with E-state index in [4.69, 9.17) is 0 Å². The molecule has 0 atom stereocenters. The summed E-state index contributed by atoms with van der Waals surface area (Å²) in [6.07, 6.45) is 14.8. The summed E-state index contributed by atoms with van der Waals surface area (Å²) in [6.45, 7) is 5.06. The molecule has 25 heavy (non-hydrogen) atoms. The topological polar surface area (TPSA) is 49.3 Å². The van der Waals surface area contributed by atoms with Crippen LogP contribution in [0.5, 0.6) is 5.75 Å². The predicted molar refractivity (Wildman–Crippen MR) is 106 cm³/mol. The Kier molecular flexibility index (Phi) is 11.8. The molecule has 1 amide bonds. The number of aromatic hydroxyl groups is 1. The maximum absolute atomic E-state index is 12.2. The fraction of sp³-hybridized carbons (Fsp3) is 0.682. The van der Waals surface area contributed by atoms with Crippen LogP contribution in [0.1, 0.15) is 100 Å². The Bertz CT molecular complexity index is 485. The molecule has 0 saturated heterocycles. The summed E-state index contributed by atoms with van der Waals surface area (Å²) in [6, 6.07) is 5.13. The Morgan fingerprint density at radius 1 is 0.880 bits per heavy atom. The number of rotatable bonds is 14. The number of amides is 1. The van der Waals surface area contributed by atoms with Crippen molar-refractivity contribution in [3.8, 4) is 5.75 Å². The Morgan fingerprint density at radius 2 is 1.48 bits per heavy atom. The van der Waals surface area contributed by atoms with E-state index < -0.39 is 0 Å². The Labute approximate surface area is 154 Å². The third-order valence-corrected chi connectivity index (χ3v) is 4.68. The highest BCUT2D eigenvalue weighted by Crippen LogP contribution is 2.20. The molecule has 0 aliphatic carbocycles. The van der Waals surface area contributed by atoms with Crippen molar-refractivity contribution in [2.75, 3.05) is 6.54 Å². The van der Waals surface area contributed by atoms with E-state index in [1.165, 1.54) is 57.8 Å². The van der Waals surface area contributed by atoms with Crippen LogP contribution in [-0.2, 0) is 6.42 Å². The van der Waals surface area contributed by atoms with Crippen molar-refractivity contribution in [1.29, 1.82) is 0 Å². The van der Waals surface area contributed by atoms with Crippen molar-refractivity contribution in [3.05, 3.63) is 29.3 Å². The van der Waals surface area contributed by atoms with Crippen molar-refractivity contribution < 1.29 is 9.90 Å². The zero-order valence-electron chi connectivity index (χ0n) is 16.3. The molecular weight excluding hydrogens is 310 g/mol. The Hall–Kier alpha value is -1.51. The molecule has 0 aromatic heterocycles. The van der Waals surface area contributed by atoms with Gasteiger partial charge in [-0.05, 0) is 36.6 Å². The number of phenols is 1. The molecule has 0 aliphatic rings. The second kappa shape index (κ2) is 13.7. The standard InChI is InChI=1S/C22H37NO2/c1-3-5-6-7-8-9-10-11-12-13-17-23-22(25)20-15-16-21(24)19(18-20)14-4-2/h15-16,18,24H,3-14,17H2,1-2H3,(H,23,25). The molecule has 0 fully saturated rings. The summed E-state index contributed by atoms with van der Waals surface area (Å²) in [7, 11) is 0. The van der Waals surface area contributed by atoms with Gasteiger partial charge in [-0.3, -0.25) is 4.79 Å². The van der Waals surface area contributed by atoms with Gasteiger partial charge in [0.25, 0.3) is 5.91 Å². The first-order valence-corrected chi connectivity index (χ1v) is 10.3. The number of carbonyl (C=O) groups excluding carboxylic acids is 1. The molecular formula is C22H37NO2. The van der Waals surface area contributed by atoms with Crippen molar-refractivity contribution in [3.63, 3.8) is 0 Å². The highest BCUT2D eigenvalue weighted by Gasteiger charge is 2.08. The van der Waals surface area contributed by atoms with E-state index in [1.807, 2.05) is 6.07 Å². The van der Waals surface area contributed by atoms with Gasteiger partial charge in [0.1, 0.15) is 5.75 Å². The van der Waals surface area contributed by atoms with Gasteiger partial charge in [-0.15, -0.1) is 0 Å². The number of nitrogens with one attached hydrogen (secondary N) is 1. The van der Waals surface area contributed by atoms with Gasteiger partial charge >= 0.3 is 0 Å². The van der Waals surface area contributed by atoms with Crippen LogP contribution in [0.15, 0.2) is 18.2 Å². The Morgan fingerprint density at radius 3 is 2.08 bits per heavy atom. The van der Waals surface area contributed by atoms with Crippen molar-refractivity contribution in [2.45, 2.75) is 90.9 Å². The minimum atomic E-state index is -0.0340. The third-order valence-electron chi connectivity index (χ3n) is 4.68. The lowest BCUT2D eigenvalue weighted by molar-refractivity contribution is 0.0953.